The van der Waals surface area contributed by atoms with Crippen molar-refractivity contribution in [3.63, 3.8) is 0 Å². The van der Waals surface area contributed by atoms with E-state index in [0.717, 1.165) is 0 Å². The Morgan fingerprint density at radius 2 is 1.20 bits per heavy atom. The van der Waals surface area contributed by atoms with Crippen LogP contribution in [0.2, 0.25) is 0 Å². The summed E-state index contributed by atoms with van der Waals surface area (Å²) in [6.07, 6.45) is 0.581. The maximum Gasteiger partial charge on any atom is 0.305 e. The van der Waals surface area contributed by atoms with Gasteiger partial charge in [0.2, 0.25) is 17.7 Å². The van der Waals surface area contributed by atoms with E-state index in [1.807, 2.05) is 0 Å². The molecule has 0 unspecified atom stereocenters. The maximum absolute atomic E-state index is 11.1. The molecular formula is C13H25N5O7. The molecule has 0 heterocycles. The summed E-state index contributed by atoms with van der Waals surface area (Å²) >= 11 is 0. The van der Waals surface area contributed by atoms with Gasteiger partial charge in [-0.2, -0.15) is 0 Å². The first-order valence-corrected chi connectivity index (χ1v) is 7.36. The van der Waals surface area contributed by atoms with Crippen molar-refractivity contribution in [3.8, 4) is 0 Å². The third-order valence-corrected chi connectivity index (χ3v) is 2.33. The molecule has 0 saturated carbocycles. The number of hydrogen-bond acceptors (Lipinski definition) is 7. The molecular weight excluding hydrogens is 338 g/mol. The van der Waals surface area contributed by atoms with Crippen molar-refractivity contribution in [2.24, 2.45) is 11.5 Å². The summed E-state index contributed by atoms with van der Waals surface area (Å²) in [5, 5.41) is 23.1. The monoisotopic (exact) mass is 363 g/mol. The van der Waals surface area contributed by atoms with Crippen LogP contribution in [-0.4, -0.2) is 72.6 Å². The SMILES string of the molecule is NCC(=O)NCC(=O)NCC(=O)NCCC(=O)O.NCCCC(=O)O. The predicted octanol–water partition coefficient (Wildman–Crippen LogP) is -3.42. The van der Waals surface area contributed by atoms with Gasteiger partial charge in [0.15, 0.2) is 0 Å². The van der Waals surface area contributed by atoms with Gasteiger partial charge in [0.1, 0.15) is 0 Å². The molecule has 0 aliphatic heterocycles. The quantitative estimate of drug-likeness (QED) is 0.194. The van der Waals surface area contributed by atoms with E-state index in [4.69, 9.17) is 21.7 Å². The van der Waals surface area contributed by atoms with E-state index in [1.54, 1.807) is 0 Å². The molecule has 12 heteroatoms. The normalized spacial score (nSPS) is 9.20. The lowest BCUT2D eigenvalue weighted by atomic mass is 10.3. The van der Waals surface area contributed by atoms with Gasteiger partial charge in [-0.05, 0) is 13.0 Å². The smallest absolute Gasteiger partial charge is 0.305 e. The van der Waals surface area contributed by atoms with Gasteiger partial charge < -0.3 is 37.6 Å². The molecule has 0 aromatic rings. The number of amides is 3. The third-order valence-electron chi connectivity index (χ3n) is 2.33. The molecule has 0 aromatic carbocycles. The lowest BCUT2D eigenvalue weighted by Gasteiger charge is -2.06. The lowest BCUT2D eigenvalue weighted by Crippen LogP contribution is -2.43. The van der Waals surface area contributed by atoms with Crippen LogP contribution in [0.4, 0.5) is 0 Å². The molecule has 0 atom stereocenters. The Kier molecular flexibility index (Phi) is 15.8. The van der Waals surface area contributed by atoms with Crippen LogP contribution >= 0.6 is 0 Å². The van der Waals surface area contributed by atoms with E-state index in [-0.39, 0.29) is 39.0 Å². The molecule has 9 N–H and O–H groups in total. The fourth-order valence-electron chi connectivity index (χ4n) is 1.12. The second-order valence-electron chi connectivity index (χ2n) is 4.54. The zero-order valence-electron chi connectivity index (χ0n) is 13.7. The van der Waals surface area contributed by atoms with Gasteiger partial charge in [0, 0.05) is 13.0 Å². The second-order valence-corrected chi connectivity index (χ2v) is 4.54. The summed E-state index contributed by atoms with van der Waals surface area (Å²) in [5.74, 6) is -3.31. The fraction of sp³-hybridized carbons (Fsp3) is 0.615. The van der Waals surface area contributed by atoms with Crippen molar-refractivity contribution in [1.82, 2.24) is 16.0 Å². The van der Waals surface area contributed by atoms with Crippen LogP contribution in [0.5, 0.6) is 0 Å². The van der Waals surface area contributed by atoms with Crippen molar-refractivity contribution in [2.45, 2.75) is 19.3 Å². The largest absolute Gasteiger partial charge is 0.481 e. The first-order valence-electron chi connectivity index (χ1n) is 7.36. The highest BCUT2D eigenvalue weighted by atomic mass is 16.4. The van der Waals surface area contributed by atoms with Crippen LogP contribution in [0.25, 0.3) is 0 Å². The number of carbonyl (C=O) groups is 5. The Balaban J connectivity index is 0. The summed E-state index contributed by atoms with van der Waals surface area (Å²) in [6, 6.07) is 0. The molecule has 0 aliphatic carbocycles. The molecule has 0 bridgehead atoms. The molecule has 12 nitrogen and oxygen atoms in total. The standard InChI is InChI=1S/C9H16N4O5.C4H9NO2/c10-3-6(14)12-5-8(16)13-4-7(15)11-2-1-9(17)18;5-3-1-2-4(6)7/h1-5,10H2,(H,11,15)(H,12,14)(H,13,16)(H,17,18);1-3,5H2,(H,6,7). The highest BCUT2D eigenvalue weighted by molar-refractivity contribution is 5.88. The van der Waals surface area contributed by atoms with Gasteiger partial charge in [-0.15, -0.1) is 0 Å². The van der Waals surface area contributed by atoms with Gasteiger partial charge in [-0.3, -0.25) is 24.0 Å². The Hall–Kier alpha value is -2.73. The molecule has 0 aromatic heterocycles. The topological polar surface area (TPSA) is 214 Å². The Morgan fingerprint density at radius 1 is 0.720 bits per heavy atom. The minimum Gasteiger partial charge on any atom is -0.481 e. The van der Waals surface area contributed by atoms with E-state index >= 15 is 0 Å². The number of carboxylic acids is 2. The van der Waals surface area contributed by atoms with Gasteiger partial charge in [0.25, 0.3) is 0 Å². The van der Waals surface area contributed by atoms with Crippen LogP contribution < -0.4 is 27.4 Å². The third kappa shape index (κ3) is 21.3. The van der Waals surface area contributed by atoms with Crippen LogP contribution in [0.1, 0.15) is 19.3 Å². The minimum atomic E-state index is -1.02. The predicted molar refractivity (Wildman–Crippen MR) is 86.3 cm³/mol. The number of nitrogens with one attached hydrogen (secondary N) is 3. The highest BCUT2D eigenvalue weighted by Crippen LogP contribution is 1.82. The van der Waals surface area contributed by atoms with E-state index < -0.39 is 29.7 Å². The number of carbonyl (C=O) groups excluding carboxylic acids is 3. The zero-order chi connectivity index (χ0) is 19.7. The van der Waals surface area contributed by atoms with Crippen LogP contribution in [0.3, 0.4) is 0 Å². The number of rotatable bonds is 11. The summed E-state index contributed by atoms with van der Waals surface area (Å²) < 4.78 is 0. The molecule has 3 amide bonds. The second kappa shape index (κ2) is 16.1. The van der Waals surface area contributed by atoms with E-state index in [9.17, 15) is 24.0 Å². The molecule has 144 valence electrons. The molecule has 0 rings (SSSR count). The van der Waals surface area contributed by atoms with Gasteiger partial charge in [-0.25, -0.2) is 0 Å². The Morgan fingerprint density at radius 3 is 1.60 bits per heavy atom. The molecule has 0 fully saturated rings. The van der Waals surface area contributed by atoms with Crippen LogP contribution in [0.15, 0.2) is 0 Å². The average molecular weight is 363 g/mol. The molecule has 0 radical (unpaired) electrons. The van der Waals surface area contributed by atoms with E-state index in [0.29, 0.717) is 13.0 Å². The van der Waals surface area contributed by atoms with Crippen molar-refractivity contribution in [2.75, 3.05) is 32.7 Å². The zero-order valence-corrected chi connectivity index (χ0v) is 13.7. The Bertz CT molecular complexity index is 456. The van der Waals surface area contributed by atoms with E-state index in [1.165, 1.54) is 0 Å². The van der Waals surface area contributed by atoms with E-state index in [2.05, 4.69) is 16.0 Å². The molecule has 0 spiro atoms. The average Bonchev–Trinajstić information content (AvgIpc) is 2.56. The van der Waals surface area contributed by atoms with Gasteiger partial charge in [0.05, 0.1) is 26.1 Å². The first-order chi connectivity index (χ1) is 11.7. The van der Waals surface area contributed by atoms with Crippen molar-refractivity contribution in [3.05, 3.63) is 0 Å². The van der Waals surface area contributed by atoms with Crippen molar-refractivity contribution in [1.29, 1.82) is 0 Å². The number of carboxylic acid groups (broad SMARTS) is 2. The van der Waals surface area contributed by atoms with Crippen LogP contribution in [-0.2, 0) is 24.0 Å². The lowest BCUT2D eigenvalue weighted by molar-refractivity contribution is -0.138. The minimum absolute atomic E-state index is 0.00601. The van der Waals surface area contributed by atoms with Crippen LogP contribution in [0, 0.1) is 0 Å². The summed E-state index contributed by atoms with van der Waals surface area (Å²) in [6.45, 7) is -0.307. The number of nitrogens with two attached hydrogens (primary N) is 2. The van der Waals surface area contributed by atoms with Gasteiger partial charge in [-0.1, -0.05) is 0 Å². The summed E-state index contributed by atoms with van der Waals surface area (Å²) in [4.78, 5) is 52.8. The Labute approximate surface area is 144 Å². The van der Waals surface area contributed by atoms with Crippen molar-refractivity contribution >= 4 is 29.7 Å². The van der Waals surface area contributed by atoms with Gasteiger partial charge >= 0.3 is 11.9 Å². The first kappa shape index (κ1) is 24.5. The maximum atomic E-state index is 11.1. The molecule has 25 heavy (non-hydrogen) atoms. The van der Waals surface area contributed by atoms with Crippen molar-refractivity contribution < 1.29 is 34.2 Å². The molecule has 0 aliphatic rings. The molecule has 0 saturated heterocycles. The highest BCUT2D eigenvalue weighted by Gasteiger charge is 2.06. The summed E-state index contributed by atoms with van der Waals surface area (Å²) in [7, 11) is 0. The number of aliphatic carboxylic acids is 2. The fourth-order valence-corrected chi connectivity index (χ4v) is 1.12. The summed E-state index contributed by atoms with van der Waals surface area (Å²) in [5.41, 5.74) is 10.0. The number of hydrogen-bond donors (Lipinski definition) is 7.